The Morgan fingerprint density at radius 3 is 2.43 bits per heavy atom. The number of alkyl carbamates (subject to hydrolysis) is 1. The molecule has 21 heavy (non-hydrogen) atoms. The van der Waals surface area contributed by atoms with E-state index in [0.717, 1.165) is 0 Å². The summed E-state index contributed by atoms with van der Waals surface area (Å²) in [6, 6.07) is -0.187. The zero-order valence-corrected chi connectivity index (χ0v) is 12.6. The zero-order chi connectivity index (χ0) is 16.0. The first-order valence-corrected chi connectivity index (χ1v) is 6.84. The fraction of sp³-hybridized carbons (Fsp3) is 0.769. The Morgan fingerprint density at radius 1 is 1.29 bits per heavy atom. The van der Waals surface area contributed by atoms with E-state index in [9.17, 15) is 14.4 Å². The number of amides is 3. The van der Waals surface area contributed by atoms with Gasteiger partial charge in [0, 0.05) is 0 Å². The Hall–Kier alpha value is -1.83. The zero-order valence-electron chi connectivity index (χ0n) is 12.6. The second-order valence-electron chi connectivity index (χ2n) is 5.92. The highest BCUT2D eigenvalue weighted by Crippen LogP contribution is 2.13. The van der Waals surface area contributed by atoms with Gasteiger partial charge >= 0.3 is 6.09 Å². The third-order valence-corrected chi connectivity index (χ3v) is 2.75. The van der Waals surface area contributed by atoms with Gasteiger partial charge < -0.3 is 25.8 Å². The topological polar surface area (TPSA) is 120 Å². The summed E-state index contributed by atoms with van der Waals surface area (Å²) in [6.07, 6.45) is -0.157. The number of hydrogen-bond donors (Lipinski definition) is 3. The molecular formula is C13H23N3O5. The van der Waals surface area contributed by atoms with Crippen molar-refractivity contribution in [3.8, 4) is 0 Å². The molecule has 4 N–H and O–H groups in total. The van der Waals surface area contributed by atoms with Crippen molar-refractivity contribution >= 4 is 17.9 Å². The van der Waals surface area contributed by atoms with E-state index in [0.29, 0.717) is 12.8 Å². The van der Waals surface area contributed by atoms with Crippen LogP contribution in [0.5, 0.6) is 0 Å². The predicted octanol–water partition coefficient (Wildman–Crippen LogP) is -0.340. The minimum atomic E-state index is -0.647. The Balaban J connectivity index is 2.23. The first-order valence-electron chi connectivity index (χ1n) is 6.84. The second kappa shape index (κ2) is 7.26. The highest BCUT2D eigenvalue weighted by Gasteiger charge is 2.26. The van der Waals surface area contributed by atoms with Crippen LogP contribution in [0.4, 0.5) is 4.79 Å². The molecule has 1 fully saturated rings. The molecule has 1 heterocycles. The molecule has 0 unspecified atom stereocenters. The van der Waals surface area contributed by atoms with E-state index in [1.807, 2.05) is 0 Å². The minimum Gasteiger partial charge on any atom is -0.444 e. The van der Waals surface area contributed by atoms with E-state index in [4.69, 9.17) is 15.2 Å². The molecule has 0 spiro atoms. The van der Waals surface area contributed by atoms with Gasteiger partial charge in [-0.3, -0.25) is 9.59 Å². The third kappa shape index (κ3) is 6.94. The number of ether oxygens (including phenoxy) is 2. The number of carbonyl (C=O) groups excluding carboxylic acids is 3. The number of nitrogens with one attached hydrogen (secondary N) is 2. The van der Waals surface area contributed by atoms with Crippen LogP contribution in [0.1, 0.15) is 33.6 Å². The van der Waals surface area contributed by atoms with Crippen LogP contribution in [0.3, 0.4) is 0 Å². The average Bonchev–Trinajstić information content (AvgIpc) is 2.35. The number of hydrogen-bond acceptors (Lipinski definition) is 5. The van der Waals surface area contributed by atoms with Gasteiger partial charge in [0.05, 0.1) is 12.6 Å². The summed E-state index contributed by atoms with van der Waals surface area (Å²) in [5, 5.41) is 5.08. The molecule has 1 aliphatic heterocycles. The lowest BCUT2D eigenvalue weighted by atomic mass is 10.0. The summed E-state index contributed by atoms with van der Waals surface area (Å²) in [5.41, 5.74) is 4.52. The van der Waals surface area contributed by atoms with Crippen LogP contribution in [0.2, 0.25) is 0 Å². The molecule has 0 radical (unpaired) electrons. The fourth-order valence-corrected chi connectivity index (χ4v) is 1.84. The molecule has 3 amide bonds. The average molecular weight is 301 g/mol. The van der Waals surface area contributed by atoms with Gasteiger partial charge in [-0.2, -0.15) is 0 Å². The van der Waals surface area contributed by atoms with Gasteiger partial charge in [-0.15, -0.1) is 0 Å². The molecule has 120 valence electrons. The fourth-order valence-electron chi connectivity index (χ4n) is 1.84. The molecule has 0 aliphatic carbocycles. The maximum absolute atomic E-state index is 11.7. The van der Waals surface area contributed by atoms with E-state index in [1.165, 1.54) is 0 Å². The van der Waals surface area contributed by atoms with Gasteiger partial charge in [0.25, 0.3) is 0 Å². The Bertz CT molecular complexity index is 397. The summed E-state index contributed by atoms with van der Waals surface area (Å²) in [4.78, 5) is 34.0. The minimum absolute atomic E-state index is 0.176. The smallest absolute Gasteiger partial charge is 0.408 e. The molecule has 0 aromatic heterocycles. The van der Waals surface area contributed by atoms with Crippen LogP contribution in [-0.2, 0) is 19.1 Å². The number of rotatable bonds is 4. The van der Waals surface area contributed by atoms with E-state index in [-0.39, 0.29) is 25.1 Å². The van der Waals surface area contributed by atoms with Crippen molar-refractivity contribution in [3.63, 3.8) is 0 Å². The molecule has 0 aromatic carbocycles. The Morgan fingerprint density at radius 2 is 1.95 bits per heavy atom. The first-order chi connectivity index (χ1) is 9.67. The van der Waals surface area contributed by atoms with Gasteiger partial charge in [-0.25, -0.2) is 4.79 Å². The molecule has 8 heteroatoms. The Kier molecular flexibility index (Phi) is 5.95. The number of nitrogens with two attached hydrogens (primary N) is 1. The summed E-state index contributed by atoms with van der Waals surface area (Å²) >= 11 is 0. The number of primary amides is 1. The van der Waals surface area contributed by atoms with E-state index >= 15 is 0 Å². The van der Waals surface area contributed by atoms with E-state index in [1.54, 1.807) is 20.8 Å². The van der Waals surface area contributed by atoms with Crippen molar-refractivity contribution in [1.82, 2.24) is 10.6 Å². The summed E-state index contributed by atoms with van der Waals surface area (Å²) in [6.45, 7) is 5.26. The molecule has 0 aromatic rings. The molecule has 1 rings (SSSR count). The molecule has 1 saturated heterocycles. The molecule has 0 bridgehead atoms. The van der Waals surface area contributed by atoms with Crippen molar-refractivity contribution in [2.24, 2.45) is 5.73 Å². The normalized spacial score (nSPS) is 22.2. The SMILES string of the molecule is CC(C)(C)OC(=O)NCC(=O)N[C@@H]1CC[C@@H](C(N)=O)OC1. The van der Waals surface area contributed by atoms with Gasteiger partial charge in [0.1, 0.15) is 18.2 Å². The quantitative estimate of drug-likeness (QED) is 0.656. The molecule has 1 aliphatic rings. The van der Waals surface area contributed by atoms with Crippen LogP contribution >= 0.6 is 0 Å². The van der Waals surface area contributed by atoms with Crippen molar-refractivity contribution < 1.29 is 23.9 Å². The first kappa shape index (κ1) is 17.2. The van der Waals surface area contributed by atoms with Crippen LogP contribution in [-0.4, -0.2) is 48.8 Å². The van der Waals surface area contributed by atoms with Gasteiger partial charge in [0.2, 0.25) is 11.8 Å². The summed E-state index contributed by atoms with van der Waals surface area (Å²) < 4.78 is 10.3. The maximum atomic E-state index is 11.7. The van der Waals surface area contributed by atoms with Crippen LogP contribution in [0.25, 0.3) is 0 Å². The standard InChI is InChI=1S/C13H23N3O5/c1-13(2,3)21-12(19)15-6-10(17)16-8-4-5-9(11(14)18)20-7-8/h8-9H,4-7H2,1-3H3,(H2,14,18)(H,15,19)(H,16,17)/t8-,9+/m1/s1. The summed E-state index contributed by atoms with van der Waals surface area (Å²) in [7, 11) is 0. The van der Waals surface area contributed by atoms with E-state index in [2.05, 4.69) is 10.6 Å². The molecule has 0 saturated carbocycles. The molecular weight excluding hydrogens is 278 g/mol. The lowest BCUT2D eigenvalue weighted by molar-refractivity contribution is -0.133. The summed E-state index contributed by atoms with van der Waals surface area (Å²) in [5.74, 6) is -0.835. The third-order valence-electron chi connectivity index (χ3n) is 2.75. The van der Waals surface area contributed by atoms with Crippen molar-refractivity contribution in [2.45, 2.75) is 51.4 Å². The molecule has 2 atom stereocenters. The molecule has 8 nitrogen and oxygen atoms in total. The lowest BCUT2D eigenvalue weighted by Gasteiger charge is -2.27. The lowest BCUT2D eigenvalue weighted by Crippen LogP contribution is -2.48. The predicted molar refractivity (Wildman–Crippen MR) is 74.3 cm³/mol. The highest BCUT2D eigenvalue weighted by atomic mass is 16.6. The van der Waals surface area contributed by atoms with Gasteiger partial charge in [0.15, 0.2) is 0 Å². The van der Waals surface area contributed by atoms with Gasteiger partial charge in [-0.05, 0) is 33.6 Å². The largest absolute Gasteiger partial charge is 0.444 e. The van der Waals surface area contributed by atoms with E-state index < -0.39 is 23.7 Å². The van der Waals surface area contributed by atoms with Gasteiger partial charge in [-0.1, -0.05) is 0 Å². The second-order valence-corrected chi connectivity index (χ2v) is 5.92. The van der Waals surface area contributed by atoms with Crippen LogP contribution < -0.4 is 16.4 Å². The Labute approximate surface area is 123 Å². The highest BCUT2D eigenvalue weighted by molar-refractivity contribution is 5.82. The number of carbonyl (C=O) groups is 3. The monoisotopic (exact) mass is 301 g/mol. The van der Waals surface area contributed by atoms with Crippen molar-refractivity contribution in [2.75, 3.05) is 13.2 Å². The van der Waals surface area contributed by atoms with Crippen LogP contribution in [0.15, 0.2) is 0 Å². The van der Waals surface area contributed by atoms with Crippen molar-refractivity contribution in [3.05, 3.63) is 0 Å². The maximum Gasteiger partial charge on any atom is 0.408 e. The van der Waals surface area contributed by atoms with Crippen molar-refractivity contribution in [1.29, 1.82) is 0 Å². The van der Waals surface area contributed by atoms with Crippen LogP contribution in [0, 0.1) is 0 Å².